The molecule has 17 heteroatoms. The molecule has 17 nitrogen and oxygen atoms in total. The van der Waals surface area contributed by atoms with E-state index in [4.69, 9.17) is 52.1 Å². The van der Waals surface area contributed by atoms with Crippen molar-refractivity contribution >= 4 is 29.8 Å². The van der Waals surface area contributed by atoms with E-state index in [9.17, 15) is 29.1 Å². The number of benzene rings is 2. The Bertz CT molecular complexity index is 1710. The number of hydrogen-bond acceptors (Lipinski definition) is 17. The van der Waals surface area contributed by atoms with Crippen molar-refractivity contribution in [3.05, 3.63) is 47.5 Å². The molecule has 53 heavy (non-hydrogen) atoms. The minimum Gasteiger partial charge on any atom is -0.493 e. The van der Waals surface area contributed by atoms with Crippen LogP contribution < -0.4 is 18.9 Å². The lowest BCUT2D eigenvalue weighted by Gasteiger charge is -2.44. The molecule has 3 saturated heterocycles. The Morgan fingerprint density at radius 3 is 1.92 bits per heavy atom. The van der Waals surface area contributed by atoms with Crippen molar-refractivity contribution in [2.45, 2.75) is 83.1 Å². The minimum atomic E-state index is -1.50. The first-order valence-corrected chi connectivity index (χ1v) is 16.6. The van der Waals surface area contributed by atoms with Crippen LogP contribution in [0.3, 0.4) is 0 Å². The Balaban J connectivity index is 1.41. The molecule has 3 aliphatic heterocycles. The monoisotopic (exact) mass is 746 g/mol. The third-order valence-electron chi connectivity index (χ3n) is 8.85. The van der Waals surface area contributed by atoms with Crippen molar-refractivity contribution < 1.29 is 81.2 Å². The number of esters is 5. The number of ether oxygens (including phenoxy) is 11. The second kappa shape index (κ2) is 16.4. The Labute approximate surface area is 304 Å². The number of rotatable bonds is 12. The predicted molar refractivity (Wildman–Crippen MR) is 176 cm³/mol. The molecule has 3 aliphatic rings. The second-order valence-electron chi connectivity index (χ2n) is 12.6. The van der Waals surface area contributed by atoms with Crippen molar-refractivity contribution in [2.75, 3.05) is 34.0 Å². The number of hydrogen-bond donors (Lipinski definition) is 1. The molecule has 0 spiro atoms. The summed E-state index contributed by atoms with van der Waals surface area (Å²) in [6.45, 7) is 5.46. The molecule has 5 rings (SSSR count). The highest BCUT2D eigenvalue weighted by atomic mass is 16.7. The minimum absolute atomic E-state index is 0.0632. The van der Waals surface area contributed by atoms with Crippen LogP contribution in [0.1, 0.15) is 58.0 Å². The van der Waals surface area contributed by atoms with Crippen molar-refractivity contribution in [1.82, 2.24) is 0 Å². The molecule has 2 aromatic rings. The lowest BCUT2D eigenvalue weighted by atomic mass is 9.81. The van der Waals surface area contributed by atoms with Gasteiger partial charge in [-0.25, -0.2) is 0 Å². The SMILES string of the molecule is COc1cc([C@H]2OC[C@]3(O)[C@@H](c4ccc(O[C@@H]5O[C@H](COC(C)=O)[C@@H](OC(C)=O)[C@H](OC(C)=O)[C@H]5OC(C)=O)c(OC)c4)OC[C@H]23)ccc1OC(C)=O. The van der Waals surface area contributed by atoms with E-state index in [1.54, 1.807) is 30.3 Å². The van der Waals surface area contributed by atoms with Crippen molar-refractivity contribution in [3.8, 4) is 23.0 Å². The third-order valence-corrected chi connectivity index (χ3v) is 8.85. The van der Waals surface area contributed by atoms with Gasteiger partial charge in [-0.2, -0.15) is 0 Å². The van der Waals surface area contributed by atoms with E-state index in [0.717, 1.165) is 20.8 Å². The topological polar surface area (TPSA) is 207 Å². The molecular formula is C36H42O17. The summed E-state index contributed by atoms with van der Waals surface area (Å²) in [5, 5.41) is 12.0. The van der Waals surface area contributed by atoms with Crippen LogP contribution in [0.25, 0.3) is 0 Å². The van der Waals surface area contributed by atoms with Gasteiger partial charge in [0.1, 0.15) is 24.4 Å². The van der Waals surface area contributed by atoms with E-state index in [0.29, 0.717) is 16.9 Å². The highest BCUT2D eigenvalue weighted by Gasteiger charge is 2.59. The number of carbonyl (C=O) groups is 5. The van der Waals surface area contributed by atoms with Gasteiger partial charge in [-0.3, -0.25) is 24.0 Å². The van der Waals surface area contributed by atoms with Crippen LogP contribution in [0.5, 0.6) is 23.0 Å². The summed E-state index contributed by atoms with van der Waals surface area (Å²) in [5.74, 6) is -3.19. The maximum atomic E-state index is 12.3. The smallest absolute Gasteiger partial charge is 0.308 e. The Morgan fingerprint density at radius 1 is 0.717 bits per heavy atom. The molecule has 0 radical (unpaired) electrons. The highest BCUT2D eigenvalue weighted by Crippen LogP contribution is 2.54. The van der Waals surface area contributed by atoms with Gasteiger partial charge in [0.2, 0.25) is 12.4 Å². The van der Waals surface area contributed by atoms with E-state index in [-0.39, 0.29) is 30.5 Å². The highest BCUT2D eigenvalue weighted by molar-refractivity contribution is 5.71. The van der Waals surface area contributed by atoms with E-state index in [2.05, 4.69) is 0 Å². The summed E-state index contributed by atoms with van der Waals surface area (Å²) in [6.07, 6.45) is -8.41. The van der Waals surface area contributed by atoms with Crippen molar-refractivity contribution in [2.24, 2.45) is 5.92 Å². The van der Waals surface area contributed by atoms with Gasteiger partial charge >= 0.3 is 29.8 Å². The predicted octanol–water partition coefficient (Wildman–Crippen LogP) is 2.28. The zero-order valence-electron chi connectivity index (χ0n) is 30.2. The summed E-state index contributed by atoms with van der Waals surface area (Å²) >= 11 is 0. The van der Waals surface area contributed by atoms with Gasteiger partial charge in [0.05, 0.1) is 33.5 Å². The molecule has 9 atom stereocenters. The van der Waals surface area contributed by atoms with Gasteiger partial charge in [0, 0.05) is 40.5 Å². The fourth-order valence-corrected chi connectivity index (χ4v) is 6.72. The van der Waals surface area contributed by atoms with Crippen LogP contribution in [0.4, 0.5) is 0 Å². The number of fused-ring (bicyclic) bond motifs is 1. The molecule has 0 aromatic heterocycles. The molecule has 0 bridgehead atoms. The number of aliphatic hydroxyl groups is 1. The van der Waals surface area contributed by atoms with Gasteiger partial charge in [-0.15, -0.1) is 0 Å². The Kier molecular flexibility index (Phi) is 12.1. The standard InChI is InChI=1S/C36H42O17/c1-17(37)45-15-29-31(49-19(3)39)32(50-20(4)40)33(51-21(5)41)35(53-29)52-26-11-9-23(13-28(26)44-7)34-36(42)16-47-30(24(36)14-46-34)22-8-10-25(48-18(2)38)27(12-22)43-6/h8-13,24,29-35,42H,14-16H2,1-7H3/t24-,29-,30-,31-,32+,33-,34-,35-,36-/m1/s1. The van der Waals surface area contributed by atoms with Crippen LogP contribution in [0, 0.1) is 5.92 Å². The first kappa shape index (κ1) is 39.2. The zero-order valence-corrected chi connectivity index (χ0v) is 30.2. The van der Waals surface area contributed by atoms with Gasteiger partial charge < -0.3 is 57.2 Å². The Hall–Kier alpha value is -4.97. The fourth-order valence-electron chi connectivity index (χ4n) is 6.72. The molecule has 2 aromatic carbocycles. The maximum absolute atomic E-state index is 12.3. The average molecular weight is 747 g/mol. The van der Waals surface area contributed by atoms with E-state index in [1.165, 1.54) is 34.1 Å². The molecule has 3 heterocycles. The first-order chi connectivity index (χ1) is 25.1. The maximum Gasteiger partial charge on any atom is 0.308 e. The van der Waals surface area contributed by atoms with Gasteiger partial charge in [-0.05, 0) is 35.4 Å². The molecule has 0 saturated carbocycles. The number of methoxy groups -OCH3 is 2. The summed E-state index contributed by atoms with van der Waals surface area (Å²) in [6, 6.07) is 9.76. The van der Waals surface area contributed by atoms with Gasteiger partial charge in [-0.1, -0.05) is 12.1 Å². The van der Waals surface area contributed by atoms with Crippen LogP contribution in [-0.2, 0) is 57.1 Å². The third kappa shape index (κ3) is 8.64. The summed E-state index contributed by atoms with van der Waals surface area (Å²) < 4.78 is 62.3. The largest absolute Gasteiger partial charge is 0.493 e. The lowest BCUT2D eigenvalue weighted by Crippen LogP contribution is -2.63. The van der Waals surface area contributed by atoms with Crippen molar-refractivity contribution in [3.63, 3.8) is 0 Å². The normalized spacial score (nSPS) is 28.9. The fraction of sp³-hybridized carbons (Fsp3) is 0.528. The summed E-state index contributed by atoms with van der Waals surface area (Å²) in [7, 11) is 2.83. The van der Waals surface area contributed by atoms with Crippen LogP contribution in [-0.4, -0.2) is 105 Å². The zero-order chi connectivity index (χ0) is 38.6. The molecular weight excluding hydrogens is 704 g/mol. The van der Waals surface area contributed by atoms with E-state index >= 15 is 0 Å². The van der Waals surface area contributed by atoms with Gasteiger partial charge in [0.25, 0.3) is 0 Å². The molecule has 0 amide bonds. The molecule has 0 unspecified atom stereocenters. The molecule has 3 fully saturated rings. The van der Waals surface area contributed by atoms with Crippen LogP contribution in [0.15, 0.2) is 36.4 Å². The summed E-state index contributed by atoms with van der Waals surface area (Å²) in [5.41, 5.74) is -0.249. The summed E-state index contributed by atoms with van der Waals surface area (Å²) in [4.78, 5) is 59.7. The van der Waals surface area contributed by atoms with Crippen LogP contribution in [0.2, 0.25) is 0 Å². The first-order valence-electron chi connectivity index (χ1n) is 16.6. The van der Waals surface area contributed by atoms with Gasteiger partial charge in [0.15, 0.2) is 35.2 Å². The Morgan fingerprint density at radius 2 is 1.30 bits per heavy atom. The van der Waals surface area contributed by atoms with Crippen molar-refractivity contribution in [1.29, 1.82) is 0 Å². The average Bonchev–Trinajstić information content (AvgIpc) is 3.60. The van der Waals surface area contributed by atoms with Crippen LogP contribution >= 0.6 is 0 Å². The van der Waals surface area contributed by atoms with E-state index < -0.39 is 90.9 Å². The molecule has 1 N–H and O–H groups in total. The number of carbonyl (C=O) groups excluding carboxylic acids is 5. The quantitative estimate of drug-likeness (QED) is 0.188. The molecule has 288 valence electrons. The molecule has 0 aliphatic carbocycles. The lowest BCUT2D eigenvalue weighted by molar-refractivity contribution is -0.288. The second-order valence-corrected chi connectivity index (χ2v) is 12.6. The van der Waals surface area contributed by atoms with E-state index in [1.807, 2.05) is 0 Å².